The lowest BCUT2D eigenvalue weighted by atomic mass is 9.81. The number of hydrogen-bond donors (Lipinski definition) is 0. The molecular formula is C25H33N3. The van der Waals surface area contributed by atoms with Gasteiger partial charge in [0.2, 0.25) is 0 Å². The first-order valence-corrected chi connectivity index (χ1v) is 10.6. The molecule has 148 valence electrons. The summed E-state index contributed by atoms with van der Waals surface area (Å²) in [4.78, 5) is 3.90. The summed E-state index contributed by atoms with van der Waals surface area (Å²) in [5, 5.41) is 5.09. The van der Waals surface area contributed by atoms with Gasteiger partial charge >= 0.3 is 0 Å². The van der Waals surface area contributed by atoms with Gasteiger partial charge in [0.1, 0.15) is 5.69 Å². The Morgan fingerprint density at radius 2 is 1.86 bits per heavy atom. The van der Waals surface area contributed by atoms with Crippen molar-refractivity contribution in [1.82, 2.24) is 9.78 Å². The van der Waals surface area contributed by atoms with Crippen LogP contribution in [0.4, 0.5) is 0 Å². The van der Waals surface area contributed by atoms with E-state index in [1.165, 1.54) is 43.4 Å². The van der Waals surface area contributed by atoms with E-state index in [9.17, 15) is 0 Å². The van der Waals surface area contributed by atoms with Crippen molar-refractivity contribution in [3.8, 4) is 11.3 Å². The normalized spacial score (nSPS) is 20.6. The highest BCUT2D eigenvalue weighted by atomic mass is 15.3. The van der Waals surface area contributed by atoms with Crippen molar-refractivity contribution < 1.29 is 0 Å². The van der Waals surface area contributed by atoms with Crippen LogP contribution in [0.15, 0.2) is 53.7 Å². The molecule has 0 radical (unpaired) electrons. The van der Waals surface area contributed by atoms with Crippen LogP contribution >= 0.6 is 0 Å². The molecule has 0 aliphatic heterocycles. The zero-order valence-corrected chi connectivity index (χ0v) is 17.6. The SMILES string of the molecule is C=N/C=C\C(=C/C)c1c(-c2ccccc2)nn(CC2CCC(CC)CC2)c1C. The lowest BCUT2D eigenvalue weighted by Gasteiger charge is -2.28. The Hall–Kier alpha value is -2.42. The summed E-state index contributed by atoms with van der Waals surface area (Å²) in [6, 6.07) is 10.5. The second-order valence-corrected chi connectivity index (χ2v) is 7.89. The molecule has 1 aromatic carbocycles. The minimum atomic E-state index is 0.734. The van der Waals surface area contributed by atoms with Gasteiger partial charge in [-0.3, -0.25) is 9.67 Å². The highest BCUT2D eigenvalue weighted by Gasteiger charge is 2.23. The molecule has 1 aromatic heterocycles. The summed E-state index contributed by atoms with van der Waals surface area (Å²) in [6.45, 7) is 11.2. The van der Waals surface area contributed by atoms with Gasteiger partial charge in [-0.15, -0.1) is 0 Å². The van der Waals surface area contributed by atoms with Crippen LogP contribution in [0.25, 0.3) is 16.8 Å². The molecule has 0 bridgehead atoms. The third kappa shape index (κ3) is 4.52. The maximum atomic E-state index is 5.09. The smallest absolute Gasteiger partial charge is 0.100 e. The molecule has 0 amide bonds. The molecule has 1 saturated carbocycles. The Kier molecular flexibility index (Phi) is 7.02. The van der Waals surface area contributed by atoms with Crippen molar-refractivity contribution in [3.05, 3.63) is 59.9 Å². The standard InChI is InChI=1S/C25H33N3/c1-5-20-12-14-21(15-13-20)18-28-19(3)24(22(6-2)16-17-26-4)25(27-28)23-10-8-7-9-11-23/h6-11,16-17,20-21H,4-5,12-15,18H2,1-3H3/b17-16-,22-6+. The fourth-order valence-electron chi connectivity index (χ4n) is 4.39. The number of nitrogens with zero attached hydrogens (tertiary/aromatic N) is 3. The summed E-state index contributed by atoms with van der Waals surface area (Å²) in [5.41, 5.74) is 5.80. The average molecular weight is 376 g/mol. The molecule has 1 fully saturated rings. The van der Waals surface area contributed by atoms with Gasteiger partial charge in [0.25, 0.3) is 0 Å². The van der Waals surface area contributed by atoms with Gasteiger partial charge in [-0.1, -0.05) is 62.6 Å². The van der Waals surface area contributed by atoms with Crippen LogP contribution in [0.5, 0.6) is 0 Å². The van der Waals surface area contributed by atoms with E-state index in [0.29, 0.717) is 0 Å². The van der Waals surface area contributed by atoms with E-state index in [1.807, 2.05) is 6.08 Å². The third-order valence-electron chi connectivity index (χ3n) is 6.19. The average Bonchev–Trinajstić information content (AvgIpc) is 3.06. The van der Waals surface area contributed by atoms with Gasteiger partial charge in [-0.25, -0.2) is 0 Å². The molecule has 3 nitrogen and oxygen atoms in total. The van der Waals surface area contributed by atoms with E-state index < -0.39 is 0 Å². The minimum Gasteiger partial charge on any atom is -0.272 e. The zero-order chi connectivity index (χ0) is 19.9. The topological polar surface area (TPSA) is 30.2 Å². The van der Waals surface area contributed by atoms with Gasteiger partial charge in [0.05, 0.1) is 0 Å². The first-order chi connectivity index (χ1) is 13.7. The largest absolute Gasteiger partial charge is 0.272 e. The van der Waals surface area contributed by atoms with Crippen molar-refractivity contribution in [2.45, 2.75) is 59.4 Å². The van der Waals surface area contributed by atoms with Crippen LogP contribution in [0.2, 0.25) is 0 Å². The van der Waals surface area contributed by atoms with Crippen molar-refractivity contribution in [3.63, 3.8) is 0 Å². The molecule has 1 heterocycles. The van der Waals surface area contributed by atoms with E-state index in [0.717, 1.165) is 35.2 Å². The fourth-order valence-corrected chi connectivity index (χ4v) is 4.39. The van der Waals surface area contributed by atoms with Crippen molar-refractivity contribution in [2.75, 3.05) is 0 Å². The number of aromatic nitrogens is 2. The van der Waals surface area contributed by atoms with Gasteiger partial charge in [0.15, 0.2) is 0 Å². The molecule has 1 aliphatic carbocycles. The van der Waals surface area contributed by atoms with Crippen LogP contribution in [-0.2, 0) is 6.54 Å². The van der Waals surface area contributed by atoms with Crippen molar-refractivity contribution >= 4 is 12.3 Å². The lowest BCUT2D eigenvalue weighted by molar-refractivity contribution is 0.241. The Morgan fingerprint density at radius 1 is 1.18 bits per heavy atom. The summed E-state index contributed by atoms with van der Waals surface area (Å²) >= 11 is 0. The molecule has 1 aliphatic rings. The second kappa shape index (κ2) is 9.68. The molecule has 28 heavy (non-hydrogen) atoms. The zero-order valence-electron chi connectivity index (χ0n) is 17.6. The number of allylic oxidation sites excluding steroid dienone is 3. The molecule has 0 unspecified atom stereocenters. The quantitative estimate of drug-likeness (QED) is 0.391. The number of rotatable bonds is 7. The summed E-state index contributed by atoms with van der Waals surface area (Å²) in [6.07, 6.45) is 12.6. The maximum Gasteiger partial charge on any atom is 0.100 e. The Morgan fingerprint density at radius 3 is 2.46 bits per heavy atom. The number of aliphatic imine (C=N–C) groups is 1. The van der Waals surface area contributed by atoms with Gasteiger partial charge in [-0.2, -0.15) is 5.10 Å². The van der Waals surface area contributed by atoms with Crippen LogP contribution in [0.1, 0.15) is 57.2 Å². The predicted molar refractivity (Wildman–Crippen MR) is 120 cm³/mol. The molecular weight excluding hydrogens is 342 g/mol. The highest BCUT2D eigenvalue weighted by Crippen LogP contribution is 2.35. The van der Waals surface area contributed by atoms with Crippen molar-refractivity contribution in [1.29, 1.82) is 0 Å². The van der Waals surface area contributed by atoms with Crippen LogP contribution in [0.3, 0.4) is 0 Å². The Balaban J connectivity index is 1.96. The van der Waals surface area contributed by atoms with E-state index in [4.69, 9.17) is 5.10 Å². The lowest BCUT2D eigenvalue weighted by Crippen LogP contribution is -2.20. The molecule has 0 spiro atoms. The molecule has 2 aromatic rings. The van der Waals surface area contributed by atoms with Crippen LogP contribution in [-0.4, -0.2) is 16.5 Å². The molecule has 0 saturated heterocycles. The van der Waals surface area contributed by atoms with E-state index >= 15 is 0 Å². The summed E-state index contributed by atoms with van der Waals surface area (Å²) < 4.78 is 2.24. The monoisotopic (exact) mass is 375 g/mol. The minimum absolute atomic E-state index is 0.734. The van der Waals surface area contributed by atoms with E-state index in [-0.39, 0.29) is 0 Å². The van der Waals surface area contributed by atoms with Crippen LogP contribution < -0.4 is 0 Å². The first-order valence-electron chi connectivity index (χ1n) is 10.6. The fraction of sp³-hybridized carbons (Fsp3) is 0.440. The van der Waals surface area contributed by atoms with E-state index in [2.05, 4.69) is 73.6 Å². The van der Waals surface area contributed by atoms with E-state index in [1.54, 1.807) is 6.20 Å². The third-order valence-corrected chi connectivity index (χ3v) is 6.19. The molecule has 0 N–H and O–H groups in total. The van der Waals surface area contributed by atoms with Crippen LogP contribution in [0, 0.1) is 18.8 Å². The Labute approximate surface area is 169 Å². The molecule has 3 heteroatoms. The van der Waals surface area contributed by atoms with Crippen molar-refractivity contribution in [2.24, 2.45) is 16.8 Å². The molecule has 3 rings (SSSR count). The molecule has 0 atom stereocenters. The van der Waals surface area contributed by atoms with Gasteiger partial charge in [-0.05, 0) is 56.9 Å². The highest BCUT2D eigenvalue weighted by molar-refractivity contribution is 5.85. The first kappa shape index (κ1) is 20.3. The number of benzene rings is 1. The maximum absolute atomic E-state index is 5.09. The second-order valence-electron chi connectivity index (χ2n) is 7.89. The summed E-state index contributed by atoms with van der Waals surface area (Å²) in [5.74, 6) is 1.66. The van der Waals surface area contributed by atoms with Gasteiger partial charge < -0.3 is 0 Å². The predicted octanol–water partition coefficient (Wildman–Crippen LogP) is 6.69. The number of hydrogen-bond acceptors (Lipinski definition) is 2. The summed E-state index contributed by atoms with van der Waals surface area (Å²) in [7, 11) is 0. The van der Waals surface area contributed by atoms with Gasteiger partial charge in [0, 0.05) is 29.6 Å². The Bertz CT molecular complexity index is 834.